The van der Waals surface area contributed by atoms with E-state index in [0.29, 0.717) is 23.4 Å². The van der Waals surface area contributed by atoms with Gasteiger partial charge in [-0.15, -0.1) is 0 Å². The number of hydrogen-bond acceptors (Lipinski definition) is 6. The maximum atomic E-state index is 6.48. The molecule has 0 amide bonds. The highest BCUT2D eigenvalue weighted by molar-refractivity contribution is 5.47. The van der Waals surface area contributed by atoms with Crippen LogP contribution in [0.4, 0.5) is 0 Å². The first-order valence-electron chi connectivity index (χ1n) is 7.16. The van der Waals surface area contributed by atoms with Crippen LogP contribution in [0.2, 0.25) is 0 Å². The third kappa shape index (κ3) is 2.35. The van der Waals surface area contributed by atoms with E-state index in [0.717, 1.165) is 31.4 Å². The largest absolute Gasteiger partial charge is 0.436 e. The molecule has 0 bridgehead atoms. The summed E-state index contributed by atoms with van der Waals surface area (Å²) in [6.45, 7) is 3.66. The predicted molar refractivity (Wildman–Crippen MR) is 72.8 cm³/mol. The monoisotopic (exact) mass is 276 g/mol. The summed E-state index contributed by atoms with van der Waals surface area (Å²) in [4.78, 5) is 8.67. The number of nitrogens with two attached hydrogens (primary N) is 1. The Morgan fingerprint density at radius 3 is 2.35 bits per heavy atom. The second kappa shape index (κ2) is 5.01. The van der Waals surface area contributed by atoms with E-state index in [1.54, 1.807) is 6.92 Å². The summed E-state index contributed by atoms with van der Waals surface area (Å²) < 4.78 is 10.8. The average molecular weight is 276 g/mol. The summed E-state index contributed by atoms with van der Waals surface area (Å²) in [5.74, 6) is 2.09. The second-order valence-corrected chi connectivity index (χ2v) is 5.64. The Kier molecular flexibility index (Phi) is 3.33. The Morgan fingerprint density at radius 2 is 1.75 bits per heavy atom. The summed E-state index contributed by atoms with van der Waals surface area (Å²) in [5, 5.41) is 4.08. The molecule has 108 valence electrons. The van der Waals surface area contributed by atoms with E-state index in [4.69, 9.17) is 14.7 Å². The minimum Gasteiger partial charge on any atom is -0.436 e. The van der Waals surface area contributed by atoms with Crippen molar-refractivity contribution in [1.29, 1.82) is 0 Å². The van der Waals surface area contributed by atoms with Gasteiger partial charge in [0.15, 0.2) is 11.7 Å². The summed E-state index contributed by atoms with van der Waals surface area (Å²) in [6.07, 6.45) is 6.48. The van der Waals surface area contributed by atoms with Crippen LogP contribution in [0.1, 0.15) is 55.9 Å². The van der Waals surface area contributed by atoms with E-state index in [1.165, 1.54) is 12.8 Å². The van der Waals surface area contributed by atoms with Crippen LogP contribution in [0, 0.1) is 13.8 Å². The number of rotatable bonds is 2. The minimum atomic E-state index is -0.471. The van der Waals surface area contributed by atoms with Gasteiger partial charge in [-0.3, -0.25) is 0 Å². The summed E-state index contributed by atoms with van der Waals surface area (Å²) >= 11 is 0. The van der Waals surface area contributed by atoms with Gasteiger partial charge in [0, 0.05) is 6.92 Å². The molecule has 2 aromatic rings. The van der Waals surface area contributed by atoms with Gasteiger partial charge >= 0.3 is 0 Å². The van der Waals surface area contributed by atoms with Crippen LogP contribution in [0.25, 0.3) is 11.7 Å². The molecule has 1 aliphatic rings. The Balaban J connectivity index is 1.91. The highest BCUT2D eigenvalue weighted by atomic mass is 16.5. The third-order valence-electron chi connectivity index (χ3n) is 3.96. The maximum Gasteiger partial charge on any atom is 0.295 e. The zero-order valence-corrected chi connectivity index (χ0v) is 12.0. The van der Waals surface area contributed by atoms with E-state index < -0.39 is 5.54 Å². The molecule has 0 aliphatic heterocycles. The molecule has 0 saturated heterocycles. The molecule has 0 atom stereocenters. The lowest BCUT2D eigenvalue weighted by Gasteiger charge is -2.23. The van der Waals surface area contributed by atoms with Gasteiger partial charge in [0.25, 0.3) is 5.89 Å². The van der Waals surface area contributed by atoms with Gasteiger partial charge in [-0.1, -0.05) is 30.8 Å². The number of aromatic nitrogens is 3. The molecular weight excluding hydrogens is 256 g/mol. The van der Waals surface area contributed by atoms with Crippen LogP contribution >= 0.6 is 0 Å². The maximum absolute atomic E-state index is 6.48. The van der Waals surface area contributed by atoms with Crippen LogP contribution < -0.4 is 5.73 Å². The zero-order valence-electron chi connectivity index (χ0n) is 12.0. The summed E-state index contributed by atoms with van der Waals surface area (Å²) in [7, 11) is 0. The molecule has 2 aromatic heterocycles. The van der Waals surface area contributed by atoms with Gasteiger partial charge in [0.05, 0.1) is 11.2 Å². The van der Waals surface area contributed by atoms with E-state index >= 15 is 0 Å². The highest BCUT2D eigenvalue weighted by Gasteiger charge is 2.34. The predicted octanol–water partition coefficient (Wildman–Crippen LogP) is 2.85. The lowest BCUT2D eigenvalue weighted by molar-refractivity contribution is 0.333. The summed E-state index contributed by atoms with van der Waals surface area (Å²) in [6, 6.07) is 0. The molecule has 1 saturated carbocycles. The van der Waals surface area contributed by atoms with Crippen molar-refractivity contribution >= 4 is 0 Å². The molecular formula is C14H20N4O2. The van der Waals surface area contributed by atoms with Crippen molar-refractivity contribution in [3.63, 3.8) is 0 Å². The molecule has 1 aliphatic carbocycles. The normalized spacial score (nSPS) is 18.9. The van der Waals surface area contributed by atoms with Gasteiger partial charge in [0.1, 0.15) is 0 Å². The molecule has 0 radical (unpaired) electrons. The van der Waals surface area contributed by atoms with Gasteiger partial charge in [-0.2, -0.15) is 4.98 Å². The van der Waals surface area contributed by atoms with Crippen LogP contribution in [-0.4, -0.2) is 15.1 Å². The number of oxazole rings is 1. The highest BCUT2D eigenvalue weighted by Crippen LogP contribution is 2.33. The van der Waals surface area contributed by atoms with Crippen molar-refractivity contribution in [2.75, 3.05) is 0 Å². The van der Waals surface area contributed by atoms with Crippen molar-refractivity contribution in [2.24, 2.45) is 5.73 Å². The molecule has 1 fully saturated rings. The molecule has 6 heteroatoms. The topological polar surface area (TPSA) is 91.0 Å². The first-order valence-corrected chi connectivity index (χ1v) is 7.16. The Labute approximate surface area is 117 Å². The fourth-order valence-corrected chi connectivity index (χ4v) is 2.83. The SMILES string of the molecule is Cc1nc(C)c(-c2nc(C3(N)CCCCCC3)no2)o1. The van der Waals surface area contributed by atoms with Gasteiger partial charge in [0.2, 0.25) is 5.76 Å². The van der Waals surface area contributed by atoms with E-state index in [1.807, 2.05) is 6.92 Å². The fraction of sp³-hybridized carbons (Fsp3) is 0.643. The Bertz CT molecular complexity index is 594. The number of aryl methyl sites for hydroxylation is 2. The smallest absolute Gasteiger partial charge is 0.295 e. The molecule has 0 spiro atoms. The molecule has 2 N–H and O–H groups in total. The Hall–Kier alpha value is -1.69. The molecule has 0 unspecified atom stereocenters. The standard InChI is InChI=1S/C14H20N4O2/c1-9-11(19-10(2)16-9)12-17-13(18-20-12)14(15)7-5-3-4-6-8-14/h3-8,15H2,1-2H3. The van der Waals surface area contributed by atoms with E-state index in [9.17, 15) is 0 Å². The first kappa shape index (κ1) is 13.3. The first-order chi connectivity index (χ1) is 9.58. The summed E-state index contributed by atoms with van der Waals surface area (Å²) in [5.41, 5.74) is 6.77. The van der Waals surface area contributed by atoms with Crippen molar-refractivity contribution in [2.45, 2.75) is 57.9 Å². The van der Waals surface area contributed by atoms with Crippen LogP contribution in [0.3, 0.4) is 0 Å². The van der Waals surface area contributed by atoms with E-state index in [2.05, 4.69) is 15.1 Å². The van der Waals surface area contributed by atoms with Crippen molar-refractivity contribution in [3.05, 3.63) is 17.4 Å². The van der Waals surface area contributed by atoms with E-state index in [-0.39, 0.29) is 0 Å². The van der Waals surface area contributed by atoms with Crippen molar-refractivity contribution in [1.82, 2.24) is 15.1 Å². The van der Waals surface area contributed by atoms with Crippen LogP contribution in [-0.2, 0) is 5.54 Å². The van der Waals surface area contributed by atoms with Crippen molar-refractivity contribution < 1.29 is 8.94 Å². The lowest BCUT2D eigenvalue weighted by atomic mass is 9.91. The second-order valence-electron chi connectivity index (χ2n) is 5.64. The van der Waals surface area contributed by atoms with Gasteiger partial charge < -0.3 is 14.7 Å². The van der Waals surface area contributed by atoms with Gasteiger partial charge in [-0.25, -0.2) is 4.98 Å². The lowest BCUT2D eigenvalue weighted by Crippen LogP contribution is -2.37. The van der Waals surface area contributed by atoms with Crippen LogP contribution in [0.15, 0.2) is 8.94 Å². The molecule has 3 rings (SSSR count). The fourth-order valence-electron chi connectivity index (χ4n) is 2.83. The average Bonchev–Trinajstić information content (AvgIpc) is 2.94. The molecule has 2 heterocycles. The Morgan fingerprint density at radius 1 is 1.05 bits per heavy atom. The minimum absolute atomic E-state index is 0.368. The molecule has 0 aromatic carbocycles. The third-order valence-corrected chi connectivity index (χ3v) is 3.96. The van der Waals surface area contributed by atoms with Gasteiger partial charge in [-0.05, 0) is 19.8 Å². The molecule has 20 heavy (non-hydrogen) atoms. The zero-order chi connectivity index (χ0) is 14.2. The van der Waals surface area contributed by atoms with Crippen molar-refractivity contribution in [3.8, 4) is 11.7 Å². The molecule has 6 nitrogen and oxygen atoms in total. The quantitative estimate of drug-likeness (QED) is 0.848. The van der Waals surface area contributed by atoms with Crippen LogP contribution in [0.5, 0.6) is 0 Å². The number of hydrogen-bond donors (Lipinski definition) is 1. The number of nitrogens with zero attached hydrogens (tertiary/aromatic N) is 3.